The van der Waals surface area contributed by atoms with Crippen molar-refractivity contribution in [2.75, 3.05) is 18.2 Å². The van der Waals surface area contributed by atoms with Gasteiger partial charge < -0.3 is 10.1 Å². The molecular weight excluding hydrogens is 293 g/mol. The molecule has 5 nitrogen and oxygen atoms in total. The highest BCUT2D eigenvalue weighted by Crippen LogP contribution is 2.23. The Labute approximate surface area is 126 Å². The van der Waals surface area contributed by atoms with E-state index in [2.05, 4.69) is 20.0 Å². The Morgan fingerprint density at radius 3 is 2.86 bits per heavy atom. The Bertz CT molecular complexity index is 625. The van der Waals surface area contributed by atoms with Crippen LogP contribution in [0.4, 0.5) is 10.2 Å². The Morgan fingerprint density at radius 2 is 2.10 bits per heavy atom. The zero-order valence-corrected chi connectivity index (χ0v) is 12.2. The topological polar surface area (TPSA) is 64.1 Å². The Balaban J connectivity index is 2.03. The summed E-state index contributed by atoms with van der Waals surface area (Å²) in [6, 6.07) is 6.50. The van der Waals surface area contributed by atoms with Crippen molar-refractivity contribution in [1.82, 2.24) is 9.97 Å². The third kappa shape index (κ3) is 4.42. The SMILES string of the molecule is COC(=O)CSc1nccnc1NCc1ccccc1F. The molecule has 0 fully saturated rings. The first-order valence-corrected chi connectivity index (χ1v) is 7.17. The van der Waals surface area contributed by atoms with Crippen LogP contribution in [-0.4, -0.2) is 28.8 Å². The average Bonchev–Trinajstić information content (AvgIpc) is 2.52. The van der Waals surface area contributed by atoms with Gasteiger partial charge in [0.05, 0.1) is 12.9 Å². The van der Waals surface area contributed by atoms with Crippen molar-refractivity contribution in [3.63, 3.8) is 0 Å². The van der Waals surface area contributed by atoms with Gasteiger partial charge >= 0.3 is 5.97 Å². The lowest BCUT2D eigenvalue weighted by Gasteiger charge is -2.09. The van der Waals surface area contributed by atoms with Crippen molar-refractivity contribution in [3.05, 3.63) is 48.0 Å². The van der Waals surface area contributed by atoms with E-state index >= 15 is 0 Å². The summed E-state index contributed by atoms with van der Waals surface area (Å²) in [4.78, 5) is 19.5. The summed E-state index contributed by atoms with van der Waals surface area (Å²) < 4.78 is 18.1. The predicted octanol–water partition coefficient (Wildman–Crippen LogP) is 2.49. The van der Waals surface area contributed by atoms with Gasteiger partial charge in [-0.25, -0.2) is 14.4 Å². The maximum Gasteiger partial charge on any atom is 0.316 e. The van der Waals surface area contributed by atoms with E-state index in [9.17, 15) is 9.18 Å². The number of nitrogens with one attached hydrogen (secondary N) is 1. The molecule has 0 bridgehead atoms. The minimum atomic E-state index is -0.342. The van der Waals surface area contributed by atoms with Crippen molar-refractivity contribution >= 4 is 23.5 Å². The van der Waals surface area contributed by atoms with Gasteiger partial charge in [-0.05, 0) is 6.07 Å². The zero-order chi connectivity index (χ0) is 15.1. The quantitative estimate of drug-likeness (QED) is 0.653. The van der Waals surface area contributed by atoms with Crippen LogP contribution in [0.25, 0.3) is 0 Å². The van der Waals surface area contributed by atoms with Gasteiger partial charge in [-0.1, -0.05) is 30.0 Å². The average molecular weight is 307 g/mol. The van der Waals surface area contributed by atoms with Crippen LogP contribution in [0.1, 0.15) is 5.56 Å². The van der Waals surface area contributed by atoms with Crippen molar-refractivity contribution in [1.29, 1.82) is 0 Å². The number of thioether (sulfide) groups is 1. The number of hydrogen-bond acceptors (Lipinski definition) is 6. The fourth-order valence-corrected chi connectivity index (χ4v) is 2.33. The van der Waals surface area contributed by atoms with E-state index in [1.54, 1.807) is 18.2 Å². The van der Waals surface area contributed by atoms with Gasteiger partial charge in [0.2, 0.25) is 0 Å². The van der Waals surface area contributed by atoms with Crippen LogP contribution in [0.3, 0.4) is 0 Å². The van der Waals surface area contributed by atoms with Gasteiger partial charge in [0.1, 0.15) is 10.8 Å². The number of esters is 1. The van der Waals surface area contributed by atoms with E-state index < -0.39 is 0 Å². The lowest BCUT2D eigenvalue weighted by molar-refractivity contribution is -0.137. The molecule has 0 amide bonds. The van der Waals surface area contributed by atoms with Crippen molar-refractivity contribution in [2.24, 2.45) is 0 Å². The van der Waals surface area contributed by atoms with Gasteiger partial charge in [0.25, 0.3) is 0 Å². The van der Waals surface area contributed by atoms with Crippen molar-refractivity contribution in [3.8, 4) is 0 Å². The number of carbonyl (C=O) groups is 1. The lowest BCUT2D eigenvalue weighted by atomic mass is 10.2. The maximum absolute atomic E-state index is 13.6. The van der Waals surface area contributed by atoms with Crippen molar-refractivity contribution < 1.29 is 13.9 Å². The van der Waals surface area contributed by atoms with Crippen LogP contribution in [0.5, 0.6) is 0 Å². The highest BCUT2D eigenvalue weighted by atomic mass is 32.2. The summed E-state index contributed by atoms with van der Waals surface area (Å²) in [7, 11) is 1.33. The van der Waals surface area contributed by atoms with E-state index in [4.69, 9.17) is 0 Å². The molecule has 1 aromatic carbocycles. The second-order valence-corrected chi connectivity index (χ2v) is 4.98. The number of benzene rings is 1. The fraction of sp³-hybridized carbons (Fsp3) is 0.214. The van der Waals surface area contributed by atoms with Gasteiger partial charge in [0.15, 0.2) is 5.82 Å². The molecule has 110 valence electrons. The summed E-state index contributed by atoms with van der Waals surface area (Å²) in [5.74, 6) is 0.0295. The molecule has 0 aliphatic heterocycles. The first-order valence-electron chi connectivity index (χ1n) is 6.18. The summed E-state index contributed by atoms with van der Waals surface area (Å²) in [6.45, 7) is 0.289. The molecule has 0 spiro atoms. The maximum atomic E-state index is 13.6. The molecule has 2 aromatic rings. The molecule has 0 atom stereocenters. The van der Waals surface area contributed by atoms with Crippen molar-refractivity contribution in [2.45, 2.75) is 11.6 Å². The standard InChI is InChI=1S/C14H14FN3O2S/c1-20-12(19)9-21-14-13(16-6-7-17-14)18-8-10-4-2-3-5-11(10)15/h2-7H,8-9H2,1H3,(H,16,18). The van der Waals surface area contributed by atoms with Gasteiger partial charge in [-0.3, -0.25) is 4.79 Å². The summed E-state index contributed by atoms with van der Waals surface area (Å²) in [6.07, 6.45) is 3.07. The number of ether oxygens (including phenoxy) is 1. The van der Waals surface area contributed by atoms with E-state index in [1.165, 1.54) is 37.3 Å². The number of rotatable bonds is 6. The minimum absolute atomic E-state index is 0.142. The third-order valence-electron chi connectivity index (χ3n) is 2.62. The molecule has 0 saturated carbocycles. The third-order valence-corrected chi connectivity index (χ3v) is 3.58. The first kappa shape index (κ1) is 15.2. The monoisotopic (exact) mass is 307 g/mol. The summed E-state index contributed by atoms with van der Waals surface area (Å²) >= 11 is 1.21. The second kappa shape index (κ2) is 7.58. The van der Waals surface area contributed by atoms with Gasteiger partial charge in [-0.15, -0.1) is 0 Å². The highest BCUT2D eigenvalue weighted by Gasteiger charge is 2.09. The Hall–Kier alpha value is -2.15. The second-order valence-electron chi connectivity index (χ2n) is 4.02. The molecule has 0 unspecified atom stereocenters. The molecule has 0 saturated heterocycles. The molecule has 0 radical (unpaired) electrons. The number of aromatic nitrogens is 2. The smallest absolute Gasteiger partial charge is 0.316 e. The van der Waals surface area contributed by atoms with Gasteiger partial charge in [0, 0.05) is 24.5 Å². The molecule has 1 N–H and O–H groups in total. The minimum Gasteiger partial charge on any atom is -0.468 e. The largest absolute Gasteiger partial charge is 0.468 e. The Morgan fingerprint density at radius 1 is 1.33 bits per heavy atom. The number of nitrogens with zero attached hydrogens (tertiary/aromatic N) is 2. The molecule has 0 aliphatic carbocycles. The summed E-state index contributed by atoms with van der Waals surface area (Å²) in [5, 5.41) is 3.59. The number of methoxy groups -OCH3 is 1. The zero-order valence-electron chi connectivity index (χ0n) is 11.4. The fourth-order valence-electron chi connectivity index (χ4n) is 1.56. The van der Waals surface area contributed by atoms with E-state index in [1.807, 2.05) is 0 Å². The number of hydrogen-bond donors (Lipinski definition) is 1. The molecular formula is C14H14FN3O2S. The van der Waals surface area contributed by atoms with E-state index in [0.717, 1.165) is 0 Å². The van der Waals surface area contributed by atoms with Crippen LogP contribution in [-0.2, 0) is 16.1 Å². The molecule has 1 heterocycles. The number of carbonyl (C=O) groups excluding carboxylic acids is 1. The first-order chi connectivity index (χ1) is 10.2. The van der Waals surface area contributed by atoms with Crippen LogP contribution >= 0.6 is 11.8 Å². The number of anilines is 1. The molecule has 2 rings (SSSR count). The molecule has 21 heavy (non-hydrogen) atoms. The molecule has 7 heteroatoms. The van der Waals surface area contributed by atoms with Crippen LogP contribution in [0, 0.1) is 5.82 Å². The number of halogens is 1. The molecule has 1 aromatic heterocycles. The van der Waals surface area contributed by atoms with Gasteiger partial charge in [-0.2, -0.15) is 0 Å². The van der Waals surface area contributed by atoms with Crippen LogP contribution < -0.4 is 5.32 Å². The van der Waals surface area contributed by atoms with Crippen LogP contribution in [0.15, 0.2) is 41.7 Å². The summed E-state index contributed by atoms with van der Waals surface area (Å²) in [5.41, 5.74) is 0.534. The predicted molar refractivity (Wildman–Crippen MR) is 78.5 cm³/mol. The van der Waals surface area contributed by atoms with Crippen LogP contribution in [0.2, 0.25) is 0 Å². The Kier molecular flexibility index (Phi) is 5.51. The highest BCUT2D eigenvalue weighted by molar-refractivity contribution is 8.00. The van der Waals surface area contributed by atoms with E-state index in [0.29, 0.717) is 16.4 Å². The molecule has 0 aliphatic rings. The lowest BCUT2D eigenvalue weighted by Crippen LogP contribution is -2.07. The normalized spacial score (nSPS) is 10.2. The van der Waals surface area contributed by atoms with E-state index in [-0.39, 0.29) is 24.1 Å².